The van der Waals surface area contributed by atoms with Crippen LogP contribution in [0, 0.1) is 13.8 Å². The van der Waals surface area contributed by atoms with E-state index in [-0.39, 0.29) is 0 Å². The van der Waals surface area contributed by atoms with Crippen molar-refractivity contribution in [1.29, 1.82) is 0 Å². The Morgan fingerprint density at radius 1 is 1.28 bits per heavy atom. The van der Waals surface area contributed by atoms with Crippen LogP contribution in [0.4, 0.5) is 11.4 Å². The van der Waals surface area contributed by atoms with Gasteiger partial charge in [-0.05, 0) is 31.0 Å². The number of nitrogens with zero attached hydrogens (tertiary/aromatic N) is 1. The van der Waals surface area contributed by atoms with Gasteiger partial charge < -0.3 is 15.8 Å². The van der Waals surface area contributed by atoms with Gasteiger partial charge in [0.2, 0.25) is 0 Å². The number of rotatable bonds is 4. The molecule has 1 aromatic carbocycles. The Bertz CT molecular complexity index is 400. The molecule has 0 saturated carbocycles. The van der Waals surface area contributed by atoms with Gasteiger partial charge in [-0.3, -0.25) is 4.90 Å². The second kappa shape index (κ2) is 6.07. The molecule has 0 spiro atoms. The van der Waals surface area contributed by atoms with E-state index in [0.29, 0.717) is 0 Å². The fourth-order valence-corrected chi connectivity index (χ4v) is 2.23. The van der Waals surface area contributed by atoms with Gasteiger partial charge in [0.15, 0.2) is 0 Å². The van der Waals surface area contributed by atoms with Gasteiger partial charge in [-0.25, -0.2) is 0 Å². The van der Waals surface area contributed by atoms with E-state index in [1.165, 1.54) is 0 Å². The zero-order chi connectivity index (χ0) is 13.0. The Morgan fingerprint density at radius 3 is 2.72 bits per heavy atom. The zero-order valence-corrected chi connectivity index (χ0v) is 11.3. The van der Waals surface area contributed by atoms with Crippen LogP contribution in [-0.2, 0) is 4.74 Å². The van der Waals surface area contributed by atoms with E-state index in [4.69, 9.17) is 10.5 Å². The van der Waals surface area contributed by atoms with Gasteiger partial charge >= 0.3 is 0 Å². The van der Waals surface area contributed by atoms with E-state index in [1.807, 2.05) is 6.92 Å². The lowest BCUT2D eigenvalue weighted by Gasteiger charge is -2.26. The lowest BCUT2D eigenvalue weighted by Crippen LogP contribution is -2.39. The van der Waals surface area contributed by atoms with Crippen LogP contribution < -0.4 is 11.1 Å². The highest BCUT2D eigenvalue weighted by molar-refractivity contribution is 5.66. The third-order valence-corrected chi connectivity index (χ3v) is 3.58. The van der Waals surface area contributed by atoms with E-state index < -0.39 is 0 Å². The fraction of sp³-hybridized carbons (Fsp3) is 0.571. The van der Waals surface area contributed by atoms with Crippen LogP contribution in [0.15, 0.2) is 12.1 Å². The highest BCUT2D eigenvalue weighted by Crippen LogP contribution is 2.24. The van der Waals surface area contributed by atoms with Crippen LogP contribution in [0.2, 0.25) is 0 Å². The summed E-state index contributed by atoms with van der Waals surface area (Å²) >= 11 is 0. The molecule has 0 aromatic heterocycles. The minimum Gasteiger partial charge on any atom is -0.398 e. The zero-order valence-electron chi connectivity index (χ0n) is 11.3. The molecule has 0 bridgehead atoms. The van der Waals surface area contributed by atoms with E-state index in [1.54, 1.807) is 0 Å². The van der Waals surface area contributed by atoms with Crippen LogP contribution in [0.1, 0.15) is 11.1 Å². The number of hydrogen-bond acceptors (Lipinski definition) is 4. The number of benzene rings is 1. The quantitative estimate of drug-likeness (QED) is 0.796. The van der Waals surface area contributed by atoms with Gasteiger partial charge in [0, 0.05) is 37.6 Å². The van der Waals surface area contributed by atoms with Crippen molar-refractivity contribution in [3.05, 3.63) is 23.3 Å². The van der Waals surface area contributed by atoms with Crippen molar-refractivity contribution >= 4 is 11.4 Å². The maximum Gasteiger partial charge on any atom is 0.0594 e. The Morgan fingerprint density at radius 2 is 2.00 bits per heavy atom. The molecule has 1 aliphatic heterocycles. The topological polar surface area (TPSA) is 50.5 Å². The molecule has 1 fully saturated rings. The van der Waals surface area contributed by atoms with Crippen molar-refractivity contribution in [3.63, 3.8) is 0 Å². The molecule has 0 aliphatic carbocycles. The normalized spacial score (nSPS) is 16.8. The van der Waals surface area contributed by atoms with Crippen LogP contribution in [-0.4, -0.2) is 44.3 Å². The molecule has 1 aliphatic rings. The summed E-state index contributed by atoms with van der Waals surface area (Å²) in [7, 11) is 0. The smallest absolute Gasteiger partial charge is 0.0594 e. The Balaban J connectivity index is 1.84. The third kappa shape index (κ3) is 3.15. The van der Waals surface area contributed by atoms with E-state index in [0.717, 1.165) is 61.9 Å². The lowest BCUT2D eigenvalue weighted by atomic mass is 10.1. The number of nitrogen functional groups attached to an aromatic ring is 1. The standard InChI is InChI=1S/C14H23N3O/c1-11-3-4-13(12(2)14(11)15)16-5-6-17-7-9-18-10-8-17/h3-4,16H,5-10,15H2,1-2H3. The van der Waals surface area contributed by atoms with Crippen molar-refractivity contribution in [2.45, 2.75) is 13.8 Å². The molecule has 2 rings (SSSR count). The molecule has 18 heavy (non-hydrogen) atoms. The first-order valence-electron chi connectivity index (χ1n) is 6.58. The summed E-state index contributed by atoms with van der Waals surface area (Å²) < 4.78 is 5.33. The number of ether oxygens (including phenoxy) is 1. The minimum absolute atomic E-state index is 0.858. The molecule has 100 valence electrons. The Kier molecular flexibility index (Phi) is 4.44. The second-order valence-corrected chi connectivity index (χ2v) is 4.85. The summed E-state index contributed by atoms with van der Waals surface area (Å²) in [6.07, 6.45) is 0. The molecule has 3 N–H and O–H groups in total. The highest BCUT2D eigenvalue weighted by Gasteiger charge is 2.10. The molecule has 1 saturated heterocycles. The maximum absolute atomic E-state index is 6.03. The predicted octanol–water partition coefficient (Wildman–Crippen LogP) is 1.63. The highest BCUT2D eigenvalue weighted by atomic mass is 16.5. The number of hydrogen-bond donors (Lipinski definition) is 2. The lowest BCUT2D eigenvalue weighted by molar-refractivity contribution is 0.0398. The van der Waals surface area contributed by atoms with E-state index in [2.05, 4.69) is 29.3 Å². The van der Waals surface area contributed by atoms with Crippen molar-refractivity contribution in [3.8, 4) is 0 Å². The average molecular weight is 249 g/mol. The van der Waals surface area contributed by atoms with Crippen LogP contribution >= 0.6 is 0 Å². The third-order valence-electron chi connectivity index (χ3n) is 3.58. The second-order valence-electron chi connectivity index (χ2n) is 4.85. The van der Waals surface area contributed by atoms with Gasteiger partial charge in [-0.2, -0.15) is 0 Å². The van der Waals surface area contributed by atoms with Crippen LogP contribution in [0.5, 0.6) is 0 Å². The molecular formula is C14H23N3O. The molecule has 0 radical (unpaired) electrons. The first-order chi connectivity index (χ1) is 8.68. The van der Waals surface area contributed by atoms with E-state index >= 15 is 0 Å². The van der Waals surface area contributed by atoms with Crippen molar-refractivity contribution < 1.29 is 4.74 Å². The van der Waals surface area contributed by atoms with Gasteiger partial charge in [0.1, 0.15) is 0 Å². The molecule has 4 heteroatoms. The Hall–Kier alpha value is -1.26. The molecule has 0 amide bonds. The van der Waals surface area contributed by atoms with Crippen molar-refractivity contribution in [2.24, 2.45) is 0 Å². The van der Waals surface area contributed by atoms with Crippen LogP contribution in [0.3, 0.4) is 0 Å². The van der Waals surface area contributed by atoms with Crippen molar-refractivity contribution in [2.75, 3.05) is 50.4 Å². The summed E-state index contributed by atoms with van der Waals surface area (Å²) in [5.41, 5.74) is 10.4. The molecular weight excluding hydrogens is 226 g/mol. The summed E-state index contributed by atoms with van der Waals surface area (Å²) in [5.74, 6) is 0. The number of nitrogens with one attached hydrogen (secondary N) is 1. The van der Waals surface area contributed by atoms with Gasteiger partial charge in [-0.15, -0.1) is 0 Å². The van der Waals surface area contributed by atoms with Crippen LogP contribution in [0.25, 0.3) is 0 Å². The SMILES string of the molecule is Cc1ccc(NCCN2CCOCC2)c(C)c1N. The van der Waals surface area contributed by atoms with E-state index in [9.17, 15) is 0 Å². The largest absolute Gasteiger partial charge is 0.398 e. The first-order valence-corrected chi connectivity index (χ1v) is 6.58. The van der Waals surface area contributed by atoms with Gasteiger partial charge in [0.05, 0.1) is 13.2 Å². The molecule has 1 aromatic rings. The predicted molar refractivity (Wildman–Crippen MR) is 76.1 cm³/mol. The molecule has 0 unspecified atom stereocenters. The maximum atomic E-state index is 6.03. The van der Waals surface area contributed by atoms with Gasteiger partial charge in [-0.1, -0.05) is 6.07 Å². The monoisotopic (exact) mass is 249 g/mol. The van der Waals surface area contributed by atoms with Crippen molar-refractivity contribution in [1.82, 2.24) is 4.90 Å². The number of anilines is 2. The summed E-state index contributed by atoms with van der Waals surface area (Å²) in [6, 6.07) is 4.18. The minimum atomic E-state index is 0.858. The average Bonchev–Trinajstić information content (AvgIpc) is 2.40. The fourth-order valence-electron chi connectivity index (χ4n) is 2.23. The summed E-state index contributed by atoms with van der Waals surface area (Å²) in [5, 5.41) is 3.47. The number of aryl methyl sites for hydroxylation is 1. The number of nitrogens with two attached hydrogens (primary N) is 1. The first kappa shape index (κ1) is 13.2. The molecule has 1 heterocycles. The Labute approximate surface area is 109 Å². The summed E-state index contributed by atoms with van der Waals surface area (Å²) in [6.45, 7) is 9.90. The molecule has 4 nitrogen and oxygen atoms in total. The number of morpholine rings is 1. The summed E-state index contributed by atoms with van der Waals surface area (Å²) in [4.78, 5) is 2.42. The molecule has 0 atom stereocenters. The van der Waals surface area contributed by atoms with Gasteiger partial charge in [0.25, 0.3) is 0 Å².